The lowest BCUT2D eigenvalue weighted by atomic mass is 10.1. The summed E-state index contributed by atoms with van der Waals surface area (Å²) < 4.78 is 1.73. The molecule has 0 spiro atoms. The average Bonchev–Trinajstić information content (AvgIpc) is 2.47. The number of hydrogen-bond donors (Lipinski definition) is 1. The minimum atomic E-state index is -1.29. The maximum absolute atomic E-state index is 12.3. The van der Waals surface area contributed by atoms with E-state index < -0.39 is 11.5 Å². The van der Waals surface area contributed by atoms with E-state index in [1.165, 1.54) is 6.92 Å². The molecule has 7 heteroatoms. The Balaban J connectivity index is 2.79. The predicted molar refractivity (Wildman–Crippen MR) is 83.3 cm³/mol. The first kappa shape index (κ1) is 15.9. The minimum absolute atomic E-state index is 0.0699. The van der Waals surface area contributed by atoms with Crippen LogP contribution in [0.2, 0.25) is 0 Å². The van der Waals surface area contributed by atoms with E-state index in [4.69, 9.17) is 5.26 Å². The first-order valence-corrected chi connectivity index (χ1v) is 7.26. The van der Waals surface area contributed by atoms with Gasteiger partial charge in [-0.2, -0.15) is 15.0 Å². The van der Waals surface area contributed by atoms with Crippen LogP contribution in [0.4, 0.5) is 0 Å². The van der Waals surface area contributed by atoms with Crippen LogP contribution in [-0.2, 0) is 6.42 Å². The average molecular weight is 362 g/mol. The molecule has 1 N–H and O–H groups in total. The summed E-state index contributed by atoms with van der Waals surface area (Å²) in [6, 6.07) is 6.92. The molecule has 1 aromatic carbocycles. The highest BCUT2D eigenvalue weighted by molar-refractivity contribution is 9.10. The highest BCUT2D eigenvalue weighted by atomic mass is 79.9. The van der Waals surface area contributed by atoms with Gasteiger partial charge in [-0.1, -0.05) is 28.9 Å². The van der Waals surface area contributed by atoms with Crippen molar-refractivity contribution in [3.05, 3.63) is 55.4 Å². The molecule has 1 aromatic heterocycles. The van der Waals surface area contributed by atoms with Crippen LogP contribution in [0.25, 0.3) is 5.69 Å². The number of hydrogen-bond acceptors (Lipinski definition) is 4. The summed E-state index contributed by atoms with van der Waals surface area (Å²) in [5, 5.41) is 22.2. The van der Waals surface area contributed by atoms with Crippen LogP contribution in [-0.4, -0.2) is 20.9 Å². The summed E-state index contributed by atoms with van der Waals surface area (Å²) in [7, 11) is 0. The largest absolute Gasteiger partial charge is 0.476 e. The Labute approximate surface area is 134 Å². The molecule has 1 heterocycles. The van der Waals surface area contributed by atoms with Crippen molar-refractivity contribution >= 4 is 21.9 Å². The lowest BCUT2D eigenvalue weighted by Gasteiger charge is -2.10. The van der Waals surface area contributed by atoms with E-state index in [2.05, 4.69) is 21.0 Å². The van der Waals surface area contributed by atoms with Crippen molar-refractivity contribution < 1.29 is 9.90 Å². The summed E-state index contributed by atoms with van der Waals surface area (Å²) in [4.78, 5) is 23.6. The van der Waals surface area contributed by atoms with Crippen molar-refractivity contribution in [2.24, 2.45) is 0 Å². The molecule has 0 saturated heterocycles. The zero-order valence-corrected chi connectivity index (χ0v) is 13.5. The molecular weight excluding hydrogens is 350 g/mol. The number of aryl methyl sites for hydroxylation is 1. The summed E-state index contributed by atoms with van der Waals surface area (Å²) in [6.07, 6.45) is 0.806. The smallest absolute Gasteiger partial charge is 0.356 e. The molecule has 0 amide bonds. The van der Waals surface area contributed by atoms with Gasteiger partial charge in [0.25, 0.3) is 5.56 Å². The molecule has 0 radical (unpaired) electrons. The van der Waals surface area contributed by atoms with Crippen LogP contribution in [0.3, 0.4) is 0 Å². The van der Waals surface area contributed by atoms with E-state index in [0.717, 1.165) is 21.1 Å². The van der Waals surface area contributed by atoms with E-state index in [9.17, 15) is 14.7 Å². The Morgan fingerprint density at radius 3 is 2.68 bits per heavy atom. The van der Waals surface area contributed by atoms with Crippen molar-refractivity contribution in [2.45, 2.75) is 20.3 Å². The van der Waals surface area contributed by atoms with Gasteiger partial charge < -0.3 is 5.11 Å². The zero-order chi connectivity index (χ0) is 16.4. The van der Waals surface area contributed by atoms with Gasteiger partial charge in [0, 0.05) is 10.0 Å². The van der Waals surface area contributed by atoms with Gasteiger partial charge >= 0.3 is 5.97 Å². The van der Waals surface area contributed by atoms with Gasteiger partial charge in [-0.25, -0.2) is 4.79 Å². The molecule has 0 aliphatic carbocycles. The number of aromatic nitrogens is 2. The molecule has 0 saturated carbocycles. The van der Waals surface area contributed by atoms with E-state index in [0.29, 0.717) is 5.69 Å². The fourth-order valence-electron chi connectivity index (χ4n) is 2.07. The Morgan fingerprint density at radius 2 is 2.18 bits per heavy atom. The summed E-state index contributed by atoms with van der Waals surface area (Å²) in [5.41, 5.74) is 0.340. The van der Waals surface area contributed by atoms with Crippen LogP contribution in [0.5, 0.6) is 0 Å². The molecule has 2 aromatic rings. The number of nitriles is 1. The third-order valence-corrected chi connectivity index (χ3v) is 4.05. The molecule has 0 aliphatic rings. The first-order chi connectivity index (χ1) is 10.4. The second-order valence-corrected chi connectivity index (χ2v) is 5.47. The van der Waals surface area contributed by atoms with Crippen LogP contribution in [0.15, 0.2) is 27.5 Å². The number of rotatable bonds is 3. The standard InChI is InChI=1S/C15H12BrN3O3/c1-3-9-4-5-10(6-12(9)16)19-14(20)11(7-17)8(2)13(18-19)15(21)22/h4-6H,3H2,1-2H3,(H,21,22). The molecule has 22 heavy (non-hydrogen) atoms. The highest BCUT2D eigenvalue weighted by Crippen LogP contribution is 2.21. The summed E-state index contributed by atoms with van der Waals surface area (Å²) in [5.74, 6) is -1.29. The van der Waals surface area contributed by atoms with E-state index >= 15 is 0 Å². The monoisotopic (exact) mass is 361 g/mol. The maximum atomic E-state index is 12.3. The van der Waals surface area contributed by atoms with Crippen LogP contribution < -0.4 is 5.56 Å². The number of carboxylic acids is 1. The number of aromatic carboxylic acids is 1. The van der Waals surface area contributed by atoms with Gasteiger partial charge in [-0.05, 0) is 31.0 Å². The molecule has 0 unspecified atom stereocenters. The summed E-state index contributed by atoms with van der Waals surface area (Å²) >= 11 is 3.40. The van der Waals surface area contributed by atoms with Gasteiger partial charge in [0.15, 0.2) is 5.69 Å². The number of halogens is 1. The third kappa shape index (κ3) is 2.65. The highest BCUT2D eigenvalue weighted by Gasteiger charge is 2.19. The quantitative estimate of drug-likeness (QED) is 0.905. The van der Waals surface area contributed by atoms with Crippen LogP contribution in [0, 0.1) is 18.3 Å². The Kier molecular flexibility index (Phi) is 4.43. The number of carbonyl (C=O) groups is 1. The Bertz CT molecular complexity index is 866. The van der Waals surface area contributed by atoms with Crippen LogP contribution >= 0.6 is 15.9 Å². The lowest BCUT2D eigenvalue weighted by Crippen LogP contribution is -2.28. The number of carboxylic acid groups (broad SMARTS) is 1. The zero-order valence-electron chi connectivity index (χ0n) is 11.9. The van der Waals surface area contributed by atoms with Crippen molar-refractivity contribution in [1.82, 2.24) is 9.78 Å². The fourth-order valence-corrected chi connectivity index (χ4v) is 2.72. The van der Waals surface area contributed by atoms with Crippen LogP contribution in [0.1, 0.15) is 34.1 Å². The molecule has 6 nitrogen and oxygen atoms in total. The molecule has 0 fully saturated rings. The Hall–Kier alpha value is -2.46. The van der Waals surface area contributed by atoms with Gasteiger partial charge in [-0.3, -0.25) is 4.79 Å². The summed E-state index contributed by atoms with van der Waals surface area (Å²) in [6.45, 7) is 3.39. The predicted octanol–water partition coefficient (Wildman–Crippen LogP) is 2.44. The maximum Gasteiger partial charge on any atom is 0.356 e. The van der Waals surface area contributed by atoms with E-state index in [-0.39, 0.29) is 16.8 Å². The third-order valence-electron chi connectivity index (χ3n) is 3.31. The van der Waals surface area contributed by atoms with Crippen molar-refractivity contribution in [3.8, 4) is 11.8 Å². The molecular formula is C15H12BrN3O3. The van der Waals surface area contributed by atoms with E-state index in [1.807, 2.05) is 13.0 Å². The van der Waals surface area contributed by atoms with Crippen molar-refractivity contribution in [1.29, 1.82) is 5.26 Å². The Morgan fingerprint density at radius 1 is 1.50 bits per heavy atom. The number of benzene rings is 1. The molecule has 0 atom stereocenters. The minimum Gasteiger partial charge on any atom is -0.476 e. The first-order valence-electron chi connectivity index (χ1n) is 6.46. The second-order valence-electron chi connectivity index (χ2n) is 4.61. The molecule has 2 rings (SSSR count). The molecule has 0 aliphatic heterocycles. The lowest BCUT2D eigenvalue weighted by molar-refractivity contribution is 0.0687. The fraction of sp³-hybridized carbons (Fsp3) is 0.200. The normalized spacial score (nSPS) is 10.3. The SMILES string of the molecule is CCc1ccc(-n2nc(C(=O)O)c(C)c(C#N)c2=O)cc1Br. The van der Waals surface area contributed by atoms with Gasteiger partial charge in [0.1, 0.15) is 11.6 Å². The number of nitrogens with zero attached hydrogens (tertiary/aromatic N) is 3. The van der Waals surface area contributed by atoms with Gasteiger partial charge in [0.05, 0.1) is 5.69 Å². The van der Waals surface area contributed by atoms with Crippen molar-refractivity contribution in [3.63, 3.8) is 0 Å². The van der Waals surface area contributed by atoms with E-state index in [1.54, 1.807) is 18.2 Å². The van der Waals surface area contributed by atoms with Gasteiger partial charge in [0.2, 0.25) is 0 Å². The van der Waals surface area contributed by atoms with Gasteiger partial charge in [-0.15, -0.1) is 0 Å². The molecule has 0 bridgehead atoms. The topological polar surface area (TPSA) is 96.0 Å². The molecule has 112 valence electrons. The second kappa shape index (κ2) is 6.12. The van der Waals surface area contributed by atoms with Crippen molar-refractivity contribution in [2.75, 3.05) is 0 Å².